The predicted molar refractivity (Wildman–Crippen MR) is 108 cm³/mol. The minimum atomic E-state index is -3.44. The Morgan fingerprint density at radius 2 is 1.59 bits per heavy atom. The van der Waals surface area contributed by atoms with Gasteiger partial charge in [0, 0.05) is 32.1 Å². The Morgan fingerprint density at radius 3 is 2.19 bits per heavy atom. The molecule has 2 aliphatic heterocycles. The zero-order chi connectivity index (χ0) is 19.4. The topological polar surface area (TPSA) is 57.7 Å². The molecule has 0 atom stereocenters. The number of hydrogen-bond donors (Lipinski definition) is 0. The van der Waals surface area contributed by atoms with E-state index in [4.69, 9.17) is 23.2 Å². The molecule has 150 valence electrons. The Bertz CT molecular complexity index is 769. The Morgan fingerprint density at radius 1 is 0.963 bits per heavy atom. The SMILES string of the molecule is O=C(C1CCN(S(=O)(=O)Cc2ccc(Cl)c(Cl)c2)CC1)N1CCCCCC1. The van der Waals surface area contributed by atoms with Crippen molar-refractivity contribution in [1.82, 2.24) is 9.21 Å². The number of amides is 1. The van der Waals surface area contributed by atoms with E-state index in [1.54, 1.807) is 18.2 Å². The summed E-state index contributed by atoms with van der Waals surface area (Å²) in [6, 6.07) is 4.89. The first kappa shape index (κ1) is 20.9. The molecule has 0 saturated carbocycles. The van der Waals surface area contributed by atoms with Gasteiger partial charge in [-0.3, -0.25) is 4.79 Å². The molecule has 0 unspecified atom stereocenters. The van der Waals surface area contributed by atoms with Gasteiger partial charge in [0.05, 0.1) is 15.8 Å². The van der Waals surface area contributed by atoms with Crippen LogP contribution in [0.25, 0.3) is 0 Å². The molecule has 1 aromatic carbocycles. The van der Waals surface area contributed by atoms with Crippen LogP contribution < -0.4 is 0 Å². The van der Waals surface area contributed by atoms with Crippen LogP contribution in [-0.2, 0) is 20.6 Å². The molecule has 2 heterocycles. The molecule has 8 heteroatoms. The van der Waals surface area contributed by atoms with Gasteiger partial charge in [-0.2, -0.15) is 0 Å². The summed E-state index contributed by atoms with van der Waals surface area (Å²) in [5, 5.41) is 0.761. The summed E-state index contributed by atoms with van der Waals surface area (Å²) in [4.78, 5) is 14.7. The van der Waals surface area contributed by atoms with Crippen molar-refractivity contribution in [2.24, 2.45) is 5.92 Å². The van der Waals surface area contributed by atoms with Crippen LogP contribution in [0.15, 0.2) is 18.2 Å². The lowest BCUT2D eigenvalue weighted by Crippen LogP contribution is -2.44. The van der Waals surface area contributed by atoms with Crippen molar-refractivity contribution in [2.45, 2.75) is 44.3 Å². The third-order valence-electron chi connectivity index (χ3n) is 5.45. The van der Waals surface area contributed by atoms with E-state index in [0.717, 1.165) is 25.9 Å². The van der Waals surface area contributed by atoms with Crippen molar-refractivity contribution in [3.63, 3.8) is 0 Å². The molecule has 27 heavy (non-hydrogen) atoms. The van der Waals surface area contributed by atoms with Crippen molar-refractivity contribution in [2.75, 3.05) is 26.2 Å². The fraction of sp³-hybridized carbons (Fsp3) is 0.632. The summed E-state index contributed by atoms with van der Waals surface area (Å²) in [7, 11) is -3.44. The fourth-order valence-corrected chi connectivity index (χ4v) is 5.73. The number of hydrogen-bond acceptors (Lipinski definition) is 3. The van der Waals surface area contributed by atoms with E-state index in [-0.39, 0.29) is 17.6 Å². The van der Waals surface area contributed by atoms with Crippen molar-refractivity contribution >= 4 is 39.1 Å². The molecule has 0 bridgehead atoms. The number of benzene rings is 1. The maximum Gasteiger partial charge on any atom is 0.225 e. The molecule has 3 rings (SSSR count). The van der Waals surface area contributed by atoms with Gasteiger partial charge in [0.2, 0.25) is 15.9 Å². The minimum absolute atomic E-state index is 0.0560. The second-order valence-corrected chi connectivity index (χ2v) is 10.2. The molecule has 0 N–H and O–H groups in total. The Hall–Kier alpha value is -0.820. The number of rotatable bonds is 4. The summed E-state index contributed by atoms with van der Waals surface area (Å²) >= 11 is 11.9. The lowest BCUT2D eigenvalue weighted by molar-refractivity contribution is -0.136. The molecule has 5 nitrogen and oxygen atoms in total. The van der Waals surface area contributed by atoms with Gasteiger partial charge in [-0.25, -0.2) is 12.7 Å². The normalized spacial score (nSPS) is 20.4. The summed E-state index contributed by atoms with van der Waals surface area (Å²) in [6.07, 6.45) is 5.71. The van der Waals surface area contributed by atoms with Crippen LogP contribution in [0.1, 0.15) is 44.1 Å². The van der Waals surface area contributed by atoms with Crippen LogP contribution in [0.4, 0.5) is 0 Å². The standard InChI is InChI=1S/C19H26Cl2N2O3S/c20-17-6-5-15(13-18(17)21)14-27(25,26)23-11-7-16(8-12-23)19(24)22-9-3-1-2-4-10-22/h5-6,13,16H,1-4,7-12,14H2. The maximum absolute atomic E-state index is 12.8. The van der Waals surface area contributed by atoms with E-state index in [9.17, 15) is 13.2 Å². The Labute approximate surface area is 171 Å². The first-order valence-electron chi connectivity index (χ1n) is 9.57. The zero-order valence-corrected chi connectivity index (χ0v) is 17.7. The molecule has 0 aliphatic carbocycles. The quantitative estimate of drug-likeness (QED) is 0.723. The Kier molecular flexibility index (Phi) is 7.06. The van der Waals surface area contributed by atoms with Gasteiger partial charge >= 0.3 is 0 Å². The van der Waals surface area contributed by atoms with Crippen molar-refractivity contribution in [1.29, 1.82) is 0 Å². The number of carbonyl (C=O) groups is 1. The van der Waals surface area contributed by atoms with Crippen molar-refractivity contribution in [3.05, 3.63) is 33.8 Å². The summed E-state index contributed by atoms with van der Waals surface area (Å²) in [5.74, 6) is 0.0483. The van der Waals surface area contributed by atoms with E-state index in [0.29, 0.717) is 41.5 Å². The van der Waals surface area contributed by atoms with E-state index >= 15 is 0 Å². The van der Waals surface area contributed by atoms with Gasteiger partial charge in [-0.05, 0) is 43.4 Å². The van der Waals surface area contributed by atoms with Crippen LogP contribution in [0.2, 0.25) is 10.0 Å². The largest absolute Gasteiger partial charge is 0.342 e. The third kappa shape index (κ3) is 5.37. The number of likely N-dealkylation sites (tertiary alicyclic amines) is 1. The lowest BCUT2D eigenvalue weighted by Gasteiger charge is -2.33. The number of piperidine rings is 1. The highest BCUT2D eigenvalue weighted by molar-refractivity contribution is 7.88. The first-order valence-corrected chi connectivity index (χ1v) is 11.9. The van der Waals surface area contributed by atoms with Crippen LogP contribution in [0, 0.1) is 5.92 Å². The van der Waals surface area contributed by atoms with Gasteiger partial charge < -0.3 is 4.90 Å². The highest BCUT2D eigenvalue weighted by atomic mass is 35.5. The van der Waals surface area contributed by atoms with E-state index in [2.05, 4.69) is 0 Å². The highest BCUT2D eigenvalue weighted by Gasteiger charge is 2.33. The van der Waals surface area contributed by atoms with Gasteiger partial charge in [0.25, 0.3) is 0 Å². The minimum Gasteiger partial charge on any atom is -0.342 e. The second kappa shape index (κ2) is 9.12. The summed E-state index contributed by atoms with van der Waals surface area (Å²) in [6.45, 7) is 2.48. The van der Waals surface area contributed by atoms with Crippen LogP contribution in [-0.4, -0.2) is 49.7 Å². The van der Waals surface area contributed by atoms with Gasteiger partial charge in [-0.1, -0.05) is 42.1 Å². The summed E-state index contributed by atoms with van der Waals surface area (Å²) in [5.41, 5.74) is 0.618. The highest BCUT2D eigenvalue weighted by Crippen LogP contribution is 2.27. The van der Waals surface area contributed by atoms with Gasteiger partial charge in [0.1, 0.15) is 0 Å². The Balaban J connectivity index is 1.57. The molecular weight excluding hydrogens is 407 g/mol. The van der Waals surface area contributed by atoms with E-state index in [1.807, 2.05) is 4.90 Å². The van der Waals surface area contributed by atoms with Crippen LogP contribution in [0.5, 0.6) is 0 Å². The molecule has 2 aliphatic rings. The molecule has 0 aromatic heterocycles. The fourth-order valence-electron chi connectivity index (χ4n) is 3.86. The van der Waals surface area contributed by atoms with Gasteiger partial charge in [0.15, 0.2) is 0 Å². The number of nitrogens with zero attached hydrogens (tertiary/aromatic N) is 2. The molecule has 2 fully saturated rings. The van der Waals surface area contributed by atoms with Crippen LogP contribution >= 0.6 is 23.2 Å². The molecule has 2 saturated heterocycles. The second-order valence-electron chi connectivity index (χ2n) is 7.42. The van der Waals surface area contributed by atoms with Gasteiger partial charge in [-0.15, -0.1) is 0 Å². The first-order chi connectivity index (χ1) is 12.9. The maximum atomic E-state index is 12.8. The average molecular weight is 433 g/mol. The predicted octanol–water partition coefficient (Wildman–Crippen LogP) is 3.94. The van der Waals surface area contributed by atoms with E-state index < -0.39 is 10.0 Å². The molecular formula is C19H26Cl2N2O3S. The zero-order valence-electron chi connectivity index (χ0n) is 15.4. The average Bonchev–Trinajstić information content (AvgIpc) is 2.93. The number of halogens is 2. The van der Waals surface area contributed by atoms with E-state index in [1.165, 1.54) is 17.1 Å². The summed E-state index contributed by atoms with van der Waals surface area (Å²) < 4.78 is 27.0. The lowest BCUT2D eigenvalue weighted by atomic mass is 9.96. The van der Waals surface area contributed by atoms with Crippen molar-refractivity contribution < 1.29 is 13.2 Å². The third-order valence-corrected chi connectivity index (χ3v) is 8.04. The number of sulfonamides is 1. The molecule has 0 spiro atoms. The molecule has 1 amide bonds. The monoisotopic (exact) mass is 432 g/mol. The number of carbonyl (C=O) groups excluding carboxylic acids is 1. The molecule has 1 aromatic rings. The van der Waals surface area contributed by atoms with Crippen LogP contribution in [0.3, 0.4) is 0 Å². The molecule has 0 radical (unpaired) electrons. The van der Waals surface area contributed by atoms with Crippen molar-refractivity contribution in [3.8, 4) is 0 Å². The smallest absolute Gasteiger partial charge is 0.225 e.